The van der Waals surface area contributed by atoms with E-state index in [2.05, 4.69) is 0 Å². The molecule has 27 heavy (non-hydrogen) atoms. The maximum absolute atomic E-state index is 12.5. The van der Waals surface area contributed by atoms with Gasteiger partial charge in [0, 0.05) is 19.5 Å². The number of nitrogens with zero attached hydrogens (tertiary/aromatic N) is 1. The van der Waals surface area contributed by atoms with Gasteiger partial charge in [-0.25, -0.2) is 9.59 Å². The SMILES string of the molecule is CC(C)C1(OC(=O)C2CC(OC(=O)CN3CCOCC3)C(=O)O2)CCCC1. The van der Waals surface area contributed by atoms with Gasteiger partial charge in [0.25, 0.3) is 0 Å². The average molecular weight is 383 g/mol. The second kappa shape index (κ2) is 8.56. The van der Waals surface area contributed by atoms with E-state index in [-0.39, 0.29) is 18.9 Å². The van der Waals surface area contributed by atoms with E-state index in [1.54, 1.807) is 0 Å². The molecule has 1 aliphatic carbocycles. The van der Waals surface area contributed by atoms with Gasteiger partial charge in [-0.2, -0.15) is 0 Å². The number of morpholine rings is 1. The molecule has 2 saturated heterocycles. The molecular weight excluding hydrogens is 354 g/mol. The fourth-order valence-electron chi connectivity index (χ4n) is 3.97. The Morgan fingerprint density at radius 1 is 1.22 bits per heavy atom. The Hall–Kier alpha value is -1.67. The van der Waals surface area contributed by atoms with Gasteiger partial charge in [-0.15, -0.1) is 0 Å². The highest BCUT2D eigenvalue weighted by molar-refractivity contribution is 5.87. The van der Waals surface area contributed by atoms with Crippen LogP contribution in [-0.4, -0.2) is 73.5 Å². The lowest BCUT2D eigenvalue weighted by Gasteiger charge is -2.33. The van der Waals surface area contributed by atoms with E-state index < -0.39 is 35.7 Å². The summed E-state index contributed by atoms with van der Waals surface area (Å²) in [6.45, 7) is 6.62. The van der Waals surface area contributed by atoms with Gasteiger partial charge in [0.15, 0.2) is 0 Å². The molecule has 8 nitrogen and oxygen atoms in total. The molecule has 3 fully saturated rings. The van der Waals surface area contributed by atoms with Crippen molar-refractivity contribution in [2.24, 2.45) is 5.92 Å². The summed E-state index contributed by atoms with van der Waals surface area (Å²) in [6.07, 6.45) is 1.67. The molecule has 8 heteroatoms. The Kier molecular flexibility index (Phi) is 6.37. The molecule has 0 amide bonds. The summed E-state index contributed by atoms with van der Waals surface area (Å²) in [4.78, 5) is 38.6. The van der Waals surface area contributed by atoms with Crippen molar-refractivity contribution in [1.82, 2.24) is 4.90 Å². The zero-order chi connectivity index (χ0) is 19.4. The van der Waals surface area contributed by atoms with Gasteiger partial charge in [0.05, 0.1) is 19.8 Å². The van der Waals surface area contributed by atoms with Crippen molar-refractivity contribution in [3.05, 3.63) is 0 Å². The van der Waals surface area contributed by atoms with Gasteiger partial charge in [0.2, 0.25) is 12.2 Å². The van der Waals surface area contributed by atoms with Gasteiger partial charge >= 0.3 is 17.9 Å². The third kappa shape index (κ3) is 4.79. The van der Waals surface area contributed by atoms with Crippen LogP contribution in [0.4, 0.5) is 0 Å². The molecule has 2 aliphatic heterocycles. The Morgan fingerprint density at radius 3 is 2.52 bits per heavy atom. The second-order valence-electron chi connectivity index (χ2n) is 7.88. The molecule has 0 aromatic carbocycles. The topological polar surface area (TPSA) is 91.4 Å². The fraction of sp³-hybridized carbons (Fsp3) is 0.842. The summed E-state index contributed by atoms with van der Waals surface area (Å²) in [6, 6.07) is 0. The van der Waals surface area contributed by atoms with Crippen LogP contribution in [-0.2, 0) is 33.3 Å². The van der Waals surface area contributed by atoms with Crippen molar-refractivity contribution in [2.75, 3.05) is 32.8 Å². The minimum Gasteiger partial charge on any atom is -0.456 e. The first-order valence-corrected chi connectivity index (χ1v) is 9.82. The maximum Gasteiger partial charge on any atom is 0.348 e. The van der Waals surface area contributed by atoms with Crippen LogP contribution in [0.25, 0.3) is 0 Å². The van der Waals surface area contributed by atoms with Crippen molar-refractivity contribution in [1.29, 1.82) is 0 Å². The van der Waals surface area contributed by atoms with Gasteiger partial charge in [-0.3, -0.25) is 9.69 Å². The number of rotatable bonds is 6. The molecule has 2 atom stereocenters. The lowest BCUT2D eigenvalue weighted by molar-refractivity contribution is -0.178. The van der Waals surface area contributed by atoms with Crippen LogP contribution in [0.3, 0.4) is 0 Å². The van der Waals surface area contributed by atoms with Crippen molar-refractivity contribution in [3.8, 4) is 0 Å². The number of esters is 3. The van der Waals surface area contributed by atoms with Crippen molar-refractivity contribution >= 4 is 17.9 Å². The first-order chi connectivity index (χ1) is 12.9. The summed E-state index contributed by atoms with van der Waals surface area (Å²) < 4.78 is 21.4. The molecular formula is C19H29NO7. The number of hydrogen-bond acceptors (Lipinski definition) is 8. The van der Waals surface area contributed by atoms with E-state index in [4.69, 9.17) is 18.9 Å². The molecule has 0 aromatic heterocycles. The number of cyclic esters (lactones) is 1. The van der Waals surface area contributed by atoms with Gasteiger partial charge in [0.1, 0.15) is 5.60 Å². The van der Waals surface area contributed by atoms with Crippen LogP contribution < -0.4 is 0 Å². The fourth-order valence-corrected chi connectivity index (χ4v) is 3.97. The molecule has 2 heterocycles. The summed E-state index contributed by atoms with van der Waals surface area (Å²) in [5.74, 6) is -1.52. The molecule has 1 saturated carbocycles. The summed E-state index contributed by atoms with van der Waals surface area (Å²) >= 11 is 0. The van der Waals surface area contributed by atoms with Crippen molar-refractivity contribution in [2.45, 2.75) is 63.8 Å². The van der Waals surface area contributed by atoms with Crippen molar-refractivity contribution in [3.63, 3.8) is 0 Å². The van der Waals surface area contributed by atoms with Crippen LogP contribution >= 0.6 is 0 Å². The highest BCUT2D eigenvalue weighted by Crippen LogP contribution is 2.40. The number of hydrogen-bond donors (Lipinski definition) is 0. The third-order valence-electron chi connectivity index (χ3n) is 5.75. The minimum absolute atomic E-state index is 0.0146. The molecule has 0 spiro atoms. The first-order valence-electron chi connectivity index (χ1n) is 9.82. The lowest BCUT2D eigenvalue weighted by Crippen LogP contribution is -2.41. The maximum atomic E-state index is 12.5. The summed E-state index contributed by atoms with van der Waals surface area (Å²) in [7, 11) is 0. The zero-order valence-electron chi connectivity index (χ0n) is 16.1. The van der Waals surface area contributed by atoms with E-state index in [0.717, 1.165) is 25.7 Å². The summed E-state index contributed by atoms with van der Waals surface area (Å²) in [5, 5.41) is 0. The Bertz CT molecular complexity index is 564. The molecule has 0 aromatic rings. The molecule has 3 rings (SSSR count). The summed E-state index contributed by atoms with van der Waals surface area (Å²) in [5.41, 5.74) is -0.478. The van der Waals surface area contributed by atoms with Crippen LogP contribution in [0.1, 0.15) is 46.0 Å². The second-order valence-corrected chi connectivity index (χ2v) is 7.88. The lowest BCUT2D eigenvalue weighted by atomic mass is 9.88. The van der Waals surface area contributed by atoms with E-state index in [9.17, 15) is 14.4 Å². The zero-order valence-corrected chi connectivity index (χ0v) is 16.1. The Labute approximate surface area is 159 Å². The number of carbonyl (C=O) groups excluding carboxylic acids is 3. The molecule has 3 aliphatic rings. The Balaban J connectivity index is 1.50. The number of carbonyl (C=O) groups is 3. The molecule has 152 valence electrons. The third-order valence-corrected chi connectivity index (χ3v) is 5.75. The standard InChI is InChI=1S/C19H29NO7/c1-13(2)19(5-3-4-6-19)27-18(23)15-11-14(17(22)26-15)25-16(21)12-20-7-9-24-10-8-20/h13-15H,3-12H2,1-2H3. The smallest absolute Gasteiger partial charge is 0.348 e. The molecule has 0 bridgehead atoms. The highest BCUT2D eigenvalue weighted by atomic mass is 16.6. The van der Waals surface area contributed by atoms with Gasteiger partial charge in [-0.05, 0) is 31.6 Å². The molecule has 0 radical (unpaired) electrons. The van der Waals surface area contributed by atoms with E-state index in [1.165, 1.54) is 0 Å². The van der Waals surface area contributed by atoms with Crippen molar-refractivity contribution < 1.29 is 33.3 Å². The largest absolute Gasteiger partial charge is 0.456 e. The average Bonchev–Trinajstić information content (AvgIpc) is 3.24. The van der Waals surface area contributed by atoms with Crippen LogP contribution in [0.15, 0.2) is 0 Å². The van der Waals surface area contributed by atoms with Gasteiger partial charge < -0.3 is 18.9 Å². The van der Waals surface area contributed by atoms with Crippen LogP contribution in [0, 0.1) is 5.92 Å². The quantitative estimate of drug-likeness (QED) is 0.497. The van der Waals surface area contributed by atoms with E-state index in [0.29, 0.717) is 26.3 Å². The Morgan fingerprint density at radius 2 is 1.89 bits per heavy atom. The first kappa shape index (κ1) is 20.1. The van der Waals surface area contributed by atoms with E-state index in [1.807, 2.05) is 18.7 Å². The van der Waals surface area contributed by atoms with Crippen LogP contribution in [0.5, 0.6) is 0 Å². The predicted octanol–water partition coefficient (Wildman–Crippen LogP) is 1.06. The van der Waals surface area contributed by atoms with Crippen LogP contribution in [0.2, 0.25) is 0 Å². The molecule has 0 N–H and O–H groups in total. The monoisotopic (exact) mass is 383 g/mol. The highest BCUT2D eigenvalue weighted by Gasteiger charge is 2.47. The minimum atomic E-state index is -1.05. The molecule has 2 unspecified atom stereocenters. The van der Waals surface area contributed by atoms with E-state index >= 15 is 0 Å². The predicted molar refractivity (Wildman–Crippen MR) is 93.8 cm³/mol. The normalized spacial score (nSPS) is 28.2. The van der Waals surface area contributed by atoms with Gasteiger partial charge in [-0.1, -0.05) is 13.8 Å². The number of ether oxygens (including phenoxy) is 4.